The number of rotatable bonds is 7. The third-order valence-corrected chi connectivity index (χ3v) is 5.06. The first-order chi connectivity index (χ1) is 11.3. The largest absolute Gasteiger partial charge is 0.394 e. The van der Waals surface area contributed by atoms with E-state index in [1.54, 1.807) is 4.90 Å². The van der Waals surface area contributed by atoms with Crippen LogP contribution in [0.25, 0.3) is 0 Å². The maximum absolute atomic E-state index is 13.0. The molecule has 0 aromatic rings. The van der Waals surface area contributed by atoms with Gasteiger partial charge in [0.05, 0.1) is 12.6 Å². The molecule has 6 nitrogen and oxygen atoms in total. The Morgan fingerprint density at radius 2 is 1.88 bits per heavy atom. The van der Waals surface area contributed by atoms with Gasteiger partial charge in [-0.05, 0) is 37.6 Å². The zero-order valence-electron chi connectivity index (χ0n) is 15.5. The molecule has 0 aliphatic carbocycles. The molecule has 0 saturated carbocycles. The highest BCUT2D eigenvalue weighted by molar-refractivity contribution is 5.92. The lowest BCUT2D eigenvalue weighted by Crippen LogP contribution is -2.72. The maximum atomic E-state index is 13.0. The molecule has 2 saturated heterocycles. The molecule has 0 aromatic carbocycles. The molecule has 24 heavy (non-hydrogen) atoms. The molecule has 2 heterocycles. The van der Waals surface area contributed by atoms with E-state index in [1.807, 2.05) is 0 Å². The number of aliphatic hydroxyl groups is 1. The van der Waals surface area contributed by atoms with Gasteiger partial charge in [0.1, 0.15) is 12.1 Å². The van der Waals surface area contributed by atoms with E-state index < -0.39 is 12.1 Å². The van der Waals surface area contributed by atoms with E-state index >= 15 is 0 Å². The SMILES string of the molecule is CC(C)CCCN1C[C@H]2CNC(=O)[C@H](CC(C)C)N2C(=O)[C@@H]1CO. The van der Waals surface area contributed by atoms with Gasteiger partial charge in [0.25, 0.3) is 0 Å². The number of carbonyl (C=O) groups is 2. The van der Waals surface area contributed by atoms with Crippen LogP contribution < -0.4 is 5.32 Å². The lowest BCUT2D eigenvalue weighted by atomic mass is 9.93. The van der Waals surface area contributed by atoms with Crippen LogP contribution >= 0.6 is 0 Å². The number of nitrogens with one attached hydrogen (secondary N) is 1. The number of piperazine rings is 2. The molecular weight excluding hydrogens is 306 g/mol. The van der Waals surface area contributed by atoms with Gasteiger partial charge in [0.2, 0.25) is 11.8 Å². The van der Waals surface area contributed by atoms with Crippen LogP contribution in [0.5, 0.6) is 0 Å². The van der Waals surface area contributed by atoms with E-state index in [4.69, 9.17) is 0 Å². The van der Waals surface area contributed by atoms with E-state index in [1.165, 1.54) is 0 Å². The van der Waals surface area contributed by atoms with Crippen molar-refractivity contribution in [2.24, 2.45) is 11.8 Å². The molecule has 6 heteroatoms. The Kier molecular flexibility index (Phi) is 6.63. The van der Waals surface area contributed by atoms with Crippen molar-refractivity contribution >= 4 is 11.8 Å². The molecule has 0 spiro atoms. The van der Waals surface area contributed by atoms with Gasteiger partial charge >= 0.3 is 0 Å². The zero-order chi connectivity index (χ0) is 17.9. The lowest BCUT2D eigenvalue weighted by Gasteiger charge is -2.50. The average Bonchev–Trinajstić information content (AvgIpc) is 2.49. The number of aliphatic hydroxyl groups excluding tert-OH is 1. The fraction of sp³-hybridized carbons (Fsp3) is 0.889. The summed E-state index contributed by atoms with van der Waals surface area (Å²) in [5, 5.41) is 12.7. The van der Waals surface area contributed by atoms with Crippen LogP contribution in [0.4, 0.5) is 0 Å². The molecule has 2 aliphatic rings. The molecule has 0 bridgehead atoms. The number of fused-ring (bicyclic) bond motifs is 1. The standard InChI is InChI=1S/C18H33N3O3/c1-12(2)6-5-7-20-10-14-9-19-17(23)15(8-13(3)4)21(14)18(24)16(20)11-22/h12-16,22H,5-11H2,1-4H3,(H,19,23)/t14-,15+,16+/m1/s1. The topological polar surface area (TPSA) is 72.9 Å². The predicted octanol–water partition coefficient (Wildman–Crippen LogP) is 0.841. The molecule has 2 rings (SSSR count). The molecule has 2 amide bonds. The number of hydrogen-bond acceptors (Lipinski definition) is 4. The van der Waals surface area contributed by atoms with Gasteiger partial charge in [0.15, 0.2) is 0 Å². The molecule has 2 N–H and O–H groups in total. The van der Waals surface area contributed by atoms with Crippen molar-refractivity contribution in [3.63, 3.8) is 0 Å². The summed E-state index contributed by atoms with van der Waals surface area (Å²) >= 11 is 0. The van der Waals surface area contributed by atoms with Crippen molar-refractivity contribution in [1.82, 2.24) is 15.1 Å². The normalized spacial score (nSPS) is 28.5. The van der Waals surface area contributed by atoms with Gasteiger partial charge in [-0.2, -0.15) is 0 Å². The van der Waals surface area contributed by atoms with Crippen molar-refractivity contribution in [1.29, 1.82) is 0 Å². The van der Waals surface area contributed by atoms with Crippen LogP contribution in [0, 0.1) is 11.8 Å². The Morgan fingerprint density at radius 3 is 2.46 bits per heavy atom. The summed E-state index contributed by atoms with van der Waals surface area (Å²) in [5.41, 5.74) is 0. The lowest BCUT2D eigenvalue weighted by molar-refractivity contribution is -0.160. The van der Waals surface area contributed by atoms with E-state index in [0.29, 0.717) is 24.8 Å². The highest BCUT2D eigenvalue weighted by Crippen LogP contribution is 2.26. The smallest absolute Gasteiger partial charge is 0.243 e. The highest BCUT2D eigenvalue weighted by atomic mass is 16.3. The third kappa shape index (κ3) is 4.28. The second-order valence-electron chi connectivity index (χ2n) is 8.02. The molecular formula is C18H33N3O3. The van der Waals surface area contributed by atoms with Crippen LogP contribution in [-0.2, 0) is 9.59 Å². The fourth-order valence-electron chi connectivity index (χ4n) is 3.84. The summed E-state index contributed by atoms with van der Waals surface area (Å²) < 4.78 is 0. The van der Waals surface area contributed by atoms with Crippen molar-refractivity contribution in [3.05, 3.63) is 0 Å². The number of amides is 2. The van der Waals surface area contributed by atoms with Crippen molar-refractivity contribution in [3.8, 4) is 0 Å². The van der Waals surface area contributed by atoms with Crippen LogP contribution in [0.15, 0.2) is 0 Å². The van der Waals surface area contributed by atoms with Gasteiger partial charge in [-0.15, -0.1) is 0 Å². The Hall–Kier alpha value is -1.14. The van der Waals surface area contributed by atoms with E-state index in [9.17, 15) is 14.7 Å². The predicted molar refractivity (Wildman–Crippen MR) is 93.4 cm³/mol. The fourth-order valence-corrected chi connectivity index (χ4v) is 3.84. The summed E-state index contributed by atoms with van der Waals surface area (Å²) in [6.45, 7) is 10.4. The first-order valence-corrected chi connectivity index (χ1v) is 9.29. The van der Waals surface area contributed by atoms with Crippen LogP contribution in [-0.4, -0.2) is 71.1 Å². The summed E-state index contributed by atoms with van der Waals surface area (Å²) in [6, 6.07) is -0.891. The van der Waals surface area contributed by atoms with Crippen LogP contribution in [0.3, 0.4) is 0 Å². The molecule has 0 unspecified atom stereocenters. The maximum Gasteiger partial charge on any atom is 0.243 e. The average molecular weight is 339 g/mol. The monoisotopic (exact) mass is 339 g/mol. The number of carbonyl (C=O) groups excluding carboxylic acids is 2. The van der Waals surface area contributed by atoms with E-state index in [2.05, 4.69) is 37.9 Å². The number of nitrogens with zero attached hydrogens (tertiary/aromatic N) is 2. The van der Waals surface area contributed by atoms with Crippen LogP contribution in [0.2, 0.25) is 0 Å². The Labute approximate surface area is 145 Å². The summed E-state index contributed by atoms with van der Waals surface area (Å²) in [7, 11) is 0. The first kappa shape index (κ1) is 19.2. The zero-order valence-corrected chi connectivity index (χ0v) is 15.5. The van der Waals surface area contributed by atoms with Crippen molar-refractivity contribution in [2.75, 3.05) is 26.2 Å². The molecule has 2 fully saturated rings. The van der Waals surface area contributed by atoms with Crippen molar-refractivity contribution < 1.29 is 14.7 Å². The minimum atomic E-state index is -0.506. The first-order valence-electron chi connectivity index (χ1n) is 9.29. The van der Waals surface area contributed by atoms with E-state index in [-0.39, 0.29) is 24.5 Å². The molecule has 0 aromatic heterocycles. The van der Waals surface area contributed by atoms with Crippen LogP contribution in [0.1, 0.15) is 47.0 Å². The van der Waals surface area contributed by atoms with Gasteiger partial charge < -0.3 is 15.3 Å². The summed E-state index contributed by atoms with van der Waals surface area (Å²) in [5.74, 6) is 0.833. The van der Waals surface area contributed by atoms with Gasteiger partial charge in [0, 0.05) is 13.1 Å². The molecule has 2 aliphatic heterocycles. The Morgan fingerprint density at radius 1 is 1.17 bits per heavy atom. The second-order valence-corrected chi connectivity index (χ2v) is 8.02. The number of hydrogen-bond donors (Lipinski definition) is 2. The van der Waals surface area contributed by atoms with Gasteiger partial charge in [-0.1, -0.05) is 27.7 Å². The van der Waals surface area contributed by atoms with E-state index in [0.717, 1.165) is 25.9 Å². The highest BCUT2D eigenvalue weighted by Gasteiger charge is 2.47. The summed E-state index contributed by atoms with van der Waals surface area (Å²) in [4.78, 5) is 29.1. The Bertz CT molecular complexity index is 453. The minimum absolute atomic E-state index is 0.0146. The molecule has 3 atom stereocenters. The molecule has 138 valence electrons. The van der Waals surface area contributed by atoms with Crippen molar-refractivity contribution in [2.45, 2.75) is 65.1 Å². The minimum Gasteiger partial charge on any atom is -0.394 e. The summed E-state index contributed by atoms with van der Waals surface area (Å²) in [6.07, 6.45) is 2.81. The third-order valence-electron chi connectivity index (χ3n) is 5.06. The van der Waals surface area contributed by atoms with Gasteiger partial charge in [-0.3, -0.25) is 14.5 Å². The second kappa shape index (κ2) is 8.30. The van der Waals surface area contributed by atoms with Gasteiger partial charge in [-0.25, -0.2) is 0 Å². The Balaban J connectivity index is 2.11. The quantitative estimate of drug-likeness (QED) is 0.721. The molecule has 0 radical (unpaired) electrons.